The van der Waals surface area contributed by atoms with Gasteiger partial charge in [0, 0.05) is 13.0 Å². The van der Waals surface area contributed by atoms with Crippen molar-refractivity contribution in [1.82, 2.24) is 5.32 Å². The molecule has 0 heterocycles. The van der Waals surface area contributed by atoms with Crippen LogP contribution in [0.15, 0.2) is 72.8 Å². The van der Waals surface area contributed by atoms with Crippen LogP contribution in [0.25, 0.3) is 0 Å². The quantitative estimate of drug-likeness (QED) is 0.425. The largest absolute Gasteiger partial charge is 0.493 e. The van der Waals surface area contributed by atoms with Crippen molar-refractivity contribution in [1.29, 1.82) is 0 Å². The Morgan fingerprint density at radius 3 is 2.28 bits per heavy atom. The van der Waals surface area contributed by atoms with Crippen LogP contribution in [0.5, 0.6) is 23.0 Å². The van der Waals surface area contributed by atoms with Gasteiger partial charge in [0.2, 0.25) is 5.91 Å². The molecule has 1 fully saturated rings. The molecule has 4 rings (SSSR count). The van der Waals surface area contributed by atoms with E-state index in [-0.39, 0.29) is 11.9 Å². The highest BCUT2D eigenvalue weighted by Crippen LogP contribution is 2.31. The fourth-order valence-electron chi connectivity index (χ4n) is 3.32. The SMILES string of the molecule is CC(=O)NC(C)c1ccc(OCc2ccc(Oc3cccc(OCC4CC4)c3)cc2)cc1. The first-order valence-corrected chi connectivity index (χ1v) is 11.0. The van der Waals surface area contributed by atoms with Crippen LogP contribution in [-0.4, -0.2) is 12.5 Å². The minimum atomic E-state index is -0.0418. The summed E-state index contributed by atoms with van der Waals surface area (Å²) in [6.07, 6.45) is 2.55. The molecular weight excluding hydrogens is 402 g/mol. The summed E-state index contributed by atoms with van der Waals surface area (Å²) < 4.78 is 17.7. The van der Waals surface area contributed by atoms with Gasteiger partial charge in [-0.25, -0.2) is 0 Å². The number of amides is 1. The second kappa shape index (κ2) is 10.2. The van der Waals surface area contributed by atoms with Crippen molar-refractivity contribution < 1.29 is 19.0 Å². The molecule has 5 heteroatoms. The van der Waals surface area contributed by atoms with E-state index in [4.69, 9.17) is 14.2 Å². The predicted octanol–water partition coefficient (Wildman–Crippen LogP) is 6.04. The molecule has 1 unspecified atom stereocenters. The standard InChI is InChI=1S/C27H29NO4/c1-19(28-20(2)29)23-10-14-24(15-11-23)30-17-22-8-12-25(13-9-22)32-27-5-3-4-26(16-27)31-18-21-6-7-21/h3-5,8-16,19,21H,6-7,17-18H2,1-2H3,(H,28,29). The zero-order valence-electron chi connectivity index (χ0n) is 18.5. The predicted molar refractivity (Wildman–Crippen MR) is 124 cm³/mol. The van der Waals surface area contributed by atoms with E-state index in [2.05, 4.69) is 5.32 Å². The van der Waals surface area contributed by atoms with Crippen molar-refractivity contribution >= 4 is 5.91 Å². The molecule has 3 aromatic rings. The van der Waals surface area contributed by atoms with E-state index in [0.29, 0.717) is 6.61 Å². The lowest BCUT2D eigenvalue weighted by Crippen LogP contribution is -2.23. The molecule has 1 aliphatic carbocycles. The second-order valence-corrected chi connectivity index (χ2v) is 8.26. The third-order valence-corrected chi connectivity index (χ3v) is 5.35. The lowest BCUT2D eigenvalue weighted by molar-refractivity contribution is -0.119. The van der Waals surface area contributed by atoms with Gasteiger partial charge in [-0.3, -0.25) is 4.79 Å². The molecule has 0 bridgehead atoms. The second-order valence-electron chi connectivity index (χ2n) is 8.26. The summed E-state index contributed by atoms with van der Waals surface area (Å²) >= 11 is 0. The van der Waals surface area contributed by atoms with E-state index in [1.54, 1.807) is 0 Å². The Balaban J connectivity index is 1.27. The zero-order valence-corrected chi connectivity index (χ0v) is 18.5. The summed E-state index contributed by atoms with van der Waals surface area (Å²) in [5.41, 5.74) is 2.09. The van der Waals surface area contributed by atoms with Crippen LogP contribution in [0.2, 0.25) is 0 Å². The van der Waals surface area contributed by atoms with E-state index in [9.17, 15) is 4.79 Å². The molecule has 166 valence electrons. The number of ether oxygens (including phenoxy) is 3. The Hall–Kier alpha value is -3.47. The zero-order chi connectivity index (χ0) is 22.3. The minimum absolute atomic E-state index is 0.0282. The molecule has 5 nitrogen and oxygen atoms in total. The Morgan fingerprint density at radius 1 is 0.906 bits per heavy atom. The fraction of sp³-hybridized carbons (Fsp3) is 0.296. The lowest BCUT2D eigenvalue weighted by Gasteiger charge is -2.14. The van der Waals surface area contributed by atoms with Gasteiger partial charge in [0.05, 0.1) is 12.6 Å². The van der Waals surface area contributed by atoms with Gasteiger partial charge in [0.1, 0.15) is 29.6 Å². The topological polar surface area (TPSA) is 56.8 Å². The number of carbonyl (C=O) groups excluding carboxylic acids is 1. The van der Waals surface area contributed by atoms with E-state index in [0.717, 1.165) is 46.6 Å². The van der Waals surface area contributed by atoms with Crippen molar-refractivity contribution in [3.63, 3.8) is 0 Å². The maximum Gasteiger partial charge on any atom is 0.217 e. The van der Waals surface area contributed by atoms with Crippen LogP contribution in [0.3, 0.4) is 0 Å². The molecule has 1 amide bonds. The van der Waals surface area contributed by atoms with Crippen molar-refractivity contribution in [2.75, 3.05) is 6.61 Å². The highest BCUT2D eigenvalue weighted by Gasteiger charge is 2.21. The molecule has 1 atom stereocenters. The first kappa shape index (κ1) is 21.8. The Kier molecular flexibility index (Phi) is 6.95. The molecule has 32 heavy (non-hydrogen) atoms. The monoisotopic (exact) mass is 431 g/mol. The average molecular weight is 432 g/mol. The fourth-order valence-corrected chi connectivity index (χ4v) is 3.32. The summed E-state index contributed by atoms with van der Waals surface area (Å²) in [7, 11) is 0. The van der Waals surface area contributed by atoms with Gasteiger partial charge in [-0.1, -0.05) is 30.3 Å². The molecule has 0 aromatic heterocycles. The van der Waals surface area contributed by atoms with Crippen LogP contribution in [0, 0.1) is 5.92 Å². The highest BCUT2D eigenvalue weighted by molar-refractivity contribution is 5.73. The maximum absolute atomic E-state index is 11.2. The van der Waals surface area contributed by atoms with Crippen LogP contribution in [-0.2, 0) is 11.4 Å². The number of hydrogen-bond acceptors (Lipinski definition) is 4. The summed E-state index contributed by atoms with van der Waals surface area (Å²) in [5.74, 6) is 3.84. The summed E-state index contributed by atoms with van der Waals surface area (Å²) in [5, 5.41) is 2.88. The van der Waals surface area contributed by atoms with Gasteiger partial charge in [0.15, 0.2) is 0 Å². The molecule has 0 saturated heterocycles. The van der Waals surface area contributed by atoms with Gasteiger partial charge in [-0.2, -0.15) is 0 Å². The summed E-state index contributed by atoms with van der Waals surface area (Å²) in [6.45, 7) is 4.73. The first-order valence-electron chi connectivity index (χ1n) is 11.0. The Bertz CT molecular complexity index is 1030. The third-order valence-electron chi connectivity index (χ3n) is 5.35. The van der Waals surface area contributed by atoms with Crippen LogP contribution in [0.4, 0.5) is 0 Å². The normalized spacial score (nSPS) is 13.8. The van der Waals surface area contributed by atoms with Crippen molar-refractivity contribution in [2.24, 2.45) is 5.92 Å². The number of rotatable bonds is 10. The third kappa shape index (κ3) is 6.51. The molecule has 1 N–H and O–H groups in total. The van der Waals surface area contributed by atoms with Gasteiger partial charge in [-0.15, -0.1) is 0 Å². The average Bonchev–Trinajstić information content (AvgIpc) is 3.62. The maximum atomic E-state index is 11.2. The molecule has 0 aliphatic heterocycles. The van der Waals surface area contributed by atoms with Gasteiger partial charge >= 0.3 is 0 Å². The first-order chi connectivity index (χ1) is 15.5. The van der Waals surface area contributed by atoms with Gasteiger partial charge in [0.25, 0.3) is 0 Å². The van der Waals surface area contributed by atoms with Crippen LogP contribution in [0.1, 0.15) is 43.9 Å². The van der Waals surface area contributed by atoms with E-state index < -0.39 is 0 Å². The highest BCUT2D eigenvalue weighted by atomic mass is 16.5. The van der Waals surface area contributed by atoms with Gasteiger partial charge < -0.3 is 19.5 Å². The molecule has 0 radical (unpaired) electrons. The molecule has 1 aliphatic rings. The summed E-state index contributed by atoms with van der Waals surface area (Å²) in [6, 6.07) is 23.4. The van der Waals surface area contributed by atoms with Crippen LogP contribution >= 0.6 is 0 Å². The van der Waals surface area contributed by atoms with Crippen molar-refractivity contribution in [3.05, 3.63) is 83.9 Å². The number of hydrogen-bond donors (Lipinski definition) is 1. The van der Waals surface area contributed by atoms with Crippen molar-refractivity contribution in [3.8, 4) is 23.0 Å². The number of benzene rings is 3. The minimum Gasteiger partial charge on any atom is -0.493 e. The summed E-state index contributed by atoms with van der Waals surface area (Å²) in [4.78, 5) is 11.2. The van der Waals surface area contributed by atoms with Gasteiger partial charge in [-0.05, 0) is 73.2 Å². The van der Waals surface area contributed by atoms with Crippen molar-refractivity contribution in [2.45, 2.75) is 39.3 Å². The molecule has 1 saturated carbocycles. The molecular formula is C27H29NO4. The van der Waals surface area contributed by atoms with E-state index in [1.165, 1.54) is 19.8 Å². The molecule has 3 aromatic carbocycles. The lowest BCUT2D eigenvalue weighted by atomic mass is 10.1. The number of carbonyl (C=O) groups is 1. The van der Waals surface area contributed by atoms with E-state index >= 15 is 0 Å². The smallest absolute Gasteiger partial charge is 0.217 e. The van der Waals surface area contributed by atoms with Crippen LogP contribution < -0.4 is 19.5 Å². The Labute approximate surface area is 189 Å². The Morgan fingerprint density at radius 2 is 1.59 bits per heavy atom. The van der Waals surface area contributed by atoms with E-state index in [1.807, 2.05) is 79.7 Å². The number of nitrogens with one attached hydrogen (secondary N) is 1. The molecule has 0 spiro atoms.